The largest absolute Gasteiger partial charge is 0.350 e. The quantitative estimate of drug-likeness (QED) is 0.370. The Balaban J connectivity index is 1.54. The minimum Gasteiger partial charge on any atom is -0.350 e. The number of nitrogens with zero attached hydrogens (tertiary/aromatic N) is 4. The number of para-hydroxylation sites is 1. The third kappa shape index (κ3) is 4.13. The highest BCUT2D eigenvalue weighted by Gasteiger charge is 2.14. The molecule has 7 heteroatoms. The molecule has 0 saturated heterocycles. The highest BCUT2D eigenvalue weighted by atomic mass is 19.1. The van der Waals surface area contributed by atoms with Crippen LogP contribution in [0.4, 0.5) is 21.8 Å². The highest BCUT2D eigenvalue weighted by Crippen LogP contribution is 2.27. The van der Waals surface area contributed by atoms with Crippen LogP contribution in [0.3, 0.4) is 0 Å². The van der Waals surface area contributed by atoms with Crippen LogP contribution in [0.5, 0.6) is 0 Å². The molecule has 158 valence electrons. The topological polar surface area (TPSA) is 67.7 Å². The number of halogens is 1. The van der Waals surface area contributed by atoms with E-state index in [1.165, 1.54) is 17.7 Å². The van der Waals surface area contributed by atoms with E-state index < -0.39 is 0 Å². The molecule has 0 aliphatic rings. The number of fused-ring (bicyclic) bond motifs is 1. The predicted octanol–water partition coefficient (Wildman–Crippen LogP) is 5.62. The lowest BCUT2D eigenvalue weighted by Crippen LogP contribution is -2.07. The molecule has 0 unspecified atom stereocenters. The van der Waals surface area contributed by atoms with E-state index in [-0.39, 0.29) is 5.82 Å². The summed E-state index contributed by atoms with van der Waals surface area (Å²) in [6.45, 7) is 2.52. The van der Waals surface area contributed by atoms with E-state index in [4.69, 9.17) is 9.97 Å². The first-order valence-corrected chi connectivity index (χ1v) is 10.3. The van der Waals surface area contributed by atoms with Crippen molar-refractivity contribution in [3.8, 4) is 5.69 Å². The van der Waals surface area contributed by atoms with E-state index >= 15 is 0 Å². The fourth-order valence-electron chi connectivity index (χ4n) is 3.40. The van der Waals surface area contributed by atoms with E-state index in [0.717, 1.165) is 22.3 Å². The van der Waals surface area contributed by atoms with Crippen molar-refractivity contribution in [1.29, 1.82) is 0 Å². The number of hydrogen-bond acceptors (Lipinski definition) is 5. The van der Waals surface area contributed by atoms with Crippen LogP contribution in [0.25, 0.3) is 16.7 Å². The molecular weight excluding hydrogens is 403 g/mol. The second-order valence-corrected chi connectivity index (χ2v) is 7.50. The van der Waals surface area contributed by atoms with Gasteiger partial charge in [0.15, 0.2) is 5.65 Å². The Bertz CT molecular complexity index is 1350. The van der Waals surface area contributed by atoms with E-state index in [2.05, 4.69) is 15.7 Å². The average molecular weight is 424 g/mol. The molecule has 2 aromatic heterocycles. The highest BCUT2D eigenvalue weighted by molar-refractivity contribution is 5.90. The molecule has 0 radical (unpaired) electrons. The molecule has 5 aromatic rings. The van der Waals surface area contributed by atoms with Crippen molar-refractivity contribution in [2.75, 3.05) is 10.6 Å². The third-order valence-corrected chi connectivity index (χ3v) is 5.11. The van der Waals surface area contributed by atoms with Crippen LogP contribution in [0.15, 0.2) is 85.1 Å². The SMILES string of the molecule is Cc1ccc(Nc2nc(NCc3ccc(F)cc3)nc3c2cnn3-c2ccccc2)cc1. The Kier molecular flexibility index (Phi) is 5.21. The van der Waals surface area contributed by atoms with Crippen LogP contribution in [0.2, 0.25) is 0 Å². The van der Waals surface area contributed by atoms with Gasteiger partial charge in [0, 0.05) is 12.2 Å². The summed E-state index contributed by atoms with van der Waals surface area (Å²) in [6, 6.07) is 24.3. The second kappa shape index (κ2) is 8.47. The molecule has 2 heterocycles. The summed E-state index contributed by atoms with van der Waals surface area (Å²) in [7, 11) is 0. The number of rotatable bonds is 6. The molecular formula is C25H21FN6. The Labute approximate surface area is 184 Å². The fraction of sp³-hybridized carbons (Fsp3) is 0.0800. The zero-order valence-electron chi connectivity index (χ0n) is 17.5. The Morgan fingerprint density at radius 1 is 0.875 bits per heavy atom. The van der Waals surface area contributed by atoms with Gasteiger partial charge in [-0.3, -0.25) is 0 Å². The number of aryl methyl sites for hydroxylation is 1. The van der Waals surface area contributed by atoms with Gasteiger partial charge in [0.1, 0.15) is 11.6 Å². The smallest absolute Gasteiger partial charge is 0.227 e. The Hall–Kier alpha value is -4.26. The van der Waals surface area contributed by atoms with Crippen molar-refractivity contribution in [1.82, 2.24) is 19.7 Å². The monoisotopic (exact) mass is 424 g/mol. The van der Waals surface area contributed by atoms with Crippen LogP contribution < -0.4 is 10.6 Å². The molecule has 0 aliphatic heterocycles. The summed E-state index contributed by atoms with van der Waals surface area (Å²) in [5.41, 5.74) is 4.63. The molecule has 0 fully saturated rings. The molecule has 0 atom stereocenters. The van der Waals surface area contributed by atoms with E-state index in [0.29, 0.717) is 24.0 Å². The van der Waals surface area contributed by atoms with Crippen LogP contribution in [-0.4, -0.2) is 19.7 Å². The van der Waals surface area contributed by atoms with Gasteiger partial charge in [0.2, 0.25) is 5.95 Å². The van der Waals surface area contributed by atoms with Gasteiger partial charge in [-0.1, -0.05) is 48.0 Å². The molecule has 3 aromatic carbocycles. The molecule has 0 amide bonds. The number of aromatic nitrogens is 4. The van der Waals surface area contributed by atoms with E-state index in [1.54, 1.807) is 23.0 Å². The van der Waals surface area contributed by atoms with Crippen molar-refractivity contribution >= 4 is 28.5 Å². The summed E-state index contributed by atoms with van der Waals surface area (Å²) in [4.78, 5) is 9.42. The summed E-state index contributed by atoms with van der Waals surface area (Å²) >= 11 is 0. The molecule has 32 heavy (non-hydrogen) atoms. The third-order valence-electron chi connectivity index (χ3n) is 5.11. The number of benzene rings is 3. The van der Waals surface area contributed by atoms with Gasteiger partial charge < -0.3 is 10.6 Å². The van der Waals surface area contributed by atoms with E-state index in [1.807, 2.05) is 61.5 Å². The molecule has 2 N–H and O–H groups in total. The minimum absolute atomic E-state index is 0.261. The molecule has 5 rings (SSSR count). The summed E-state index contributed by atoms with van der Waals surface area (Å²) < 4.78 is 15.0. The summed E-state index contributed by atoms with van der Waals surface area (Å²) in [5, 5.41) is 12.0. The van der Waals surface area contributed by atoms with Gasteiger partial charge in [0.05, 0.1) is 17.3 Å². The molecule has 0 spiro atoms. The molecule has 0 saturated carbocycles. The zero-order chi connectivity index (χ0) is 21.9. The van der Waals surface area contributed by atoms with Gasteiger partial charge in [-0.2, -0.15) is 15.1 Å². The fourth-order valence-corrected chi connectivity index (χ4v) is 3.40. The first-order valence-electron chi connectivity index (χ1n) is 10.3. The summed E-state index contributed by atoms with van der Waals surface area (Å²) in [6.07, 6.45) is 1.77. The van der Waals surface area contributed by atoms with Gasteiger partial charge >= 0.3 is 0 Å². The normalized spacial score (nSPS) is 10.9. The van der Waals surface area contributed by atoms with Crippen LogP contribution in [0.1, 0.15) is 11.1 Å². The second-order valence-electron chi connectivity index (χ2n) is 7.50. The first kappa shape index (κ1) is 19.7. The first-order chi connectivity index (χ1) is 15.7. The Morgan fingerprint density at radius 2 is 1.62 bits per heavy atom. The lowest BCUT2D eigenvalue weighted by Gasteiger charge is -2.11. The van der Waals surface area contributed by atoms with Crippen molar-refractivity contribution in [2.24, 2.45) is 0 Å². The van der Waals surface area contributed by atoms with E-state index in [9.17, 15) is 4.39 Å². The van der Waals surface area contributed by atoms with Crippen molar-refractivity contribution < 1.29 is 4.39 Å². The minimum atomic E-state index is -0.261. The predicted molar refractivity (Wildman–Crippen MR) is 125 cm³/mol. The molecule has 0 bridgehead atoms. The van der Waals surface area contributed by atoms with Crippen molar-refractivity contribution in [2.45, 2.75) is 13.5 Å². The maximum absolute atomic E-state index is 13.2. The lowest BCUT2D eigenvalue weighted by molar-refractivity contribution is 0.627. The van der Waals surface area contributed by atoms with Gasteiger partial charge in [-0.15, -0.1) is 0 Å². The summed E-state index contributed by atoms with van der Waals surface area (Å²) in [5.74, 6) is 0.847. The zero-order valence-corrected chi connectivity index (χ0v) is 17.5. The number of hydrogen-bond donors (Lipinski definition) is 2. The average Bonchev–Trinajstić information content (AvgIpc) is 3.25. The Morgan fingerprint density at radius 3 is 2.38 bits per heavy atom. The number of anilines is 3. The van der Waals surface area contributed by atoms with Crippen LogP contribution in [-0.2, 0) is 6.54 Å². The van der Waals surface area contributed by atoms with Gasteiger partial charge in [-0.25, -0.2) is 9.07 Å². The molecule has 0 aliphatic carbocycles. The lowest BCUT2D eigenvalue weighted by atomic mass is 10.2. The van der Waals surface area contributed by atoms with Crippen molar-refractivity contribution in [3.05, 3.63) is 102 Å². The maximum Gasteiger partial charge on any atom is 0.227 e. The van der Waals surface area contributed by atoms with Gasteiger partial charge in [-0.05, 0) is 48.9 Å². The maximum atomic E-state index is 13.2. The van der Waals surface area contributed by atoms with Crippen LogP contribution in [0, 0.1) is 12.7 Å². The van der Waals surface area contributed by atoms with Crippen LogP contribution >= 0.6 is 0 Å². The number of nitrogens with one attached hydrogen (secondary N) is 2. The van der Waals surface area contributed by atoms with Crippen molar-refractivity contribution in [3.63, 3.8) is 0 Å². The van der Waals surface area contributed by atoms with Gasteiger partial charge in [0.25, 0.3) is 0 Å². The standard InChI is InChI=1S/C25H21FN6/c1-17-7-13-20(14-8-17)29-23-22-16-28-32(21-5-3-2-4-6-21)24(22)31-25(30-23)27-15-18-9-11-19(26)12-10-18/h2-14,16H,15H2,1H3,(H2,27,29,30,31). The molecule has 6 nitrogen and oxygen atoms in total.